The molecule has 1 rings (SSSR count). The maximum absolute atomic E-state index is 11.4. The summed E-state index contributed by atoms with van der Waals surface area (Å²) in [4.78, 5) is 10.6. The van der Waals surface area contributed by atoms with Crippen LogP contribution in [0.15, 0.2) is 23.1 Å². The summed E-state index contributed by atoms with van der Waals surface area (Å²) in [6, 6.07) is 6.11. The smallest absolute Gasteiger partial charge is 0.176 e. The molecule has 17 heavy (non-hydrogen) atoms. The van der Waals surface area contributed by atoms with E-state index in [0.717, 1.165) is 6.26 Å². The van der Waals surface area contributed by atoms with E-state index in [1.54, 1.807) is 0 Å². The van der Waals surface area contributed by atoms with E-state index in [1.807, 2.05) is 6.07 Å². The zero-order chi connectivity index (χ0) is 13.2. The number of benzene rings is 1. The molecule has 90 valence electrons. The number of alkyl halides is 1. The van der Waals surface area contributed by atoms with Crippen molar-refractivity contribution in [3.8, 4) is 6.07 Å². The number of carbonyl (C=O) groups excluding carboxylic acids is 1. The Kier molecular flexibility index (Phi) is 4.07. The van der Waals surface area contributed by atoms with Gasteiger partial charge in [0.15, 0.2) is 9.84 Å². The van der Waals surface area contributed by atoms with Crippen LogP contribution >= 0.6 is 15.9 Å². The molecule has 0 amide bonds. The number of Topliss-reactive ketones (excluding diaryl/α,β-unsaturated/α-hetero) is 1. The predicted octanol–water partition coefficient (Wildman–Crippen LogP) is 1.99. The van der Waals surface area contributed by atoms with Crippen LogP contribution in [0.2, 0.25) is 0 Å². The molecule has 0 saturated heterocycles. The monoisotopic (exact) mass is 315 g/mol. The van der Waals surface area contributed by atoms with Crippen LogP contribution in [0.3, 0.4) is 0 Å². The first-order chi connectivity index (χ1) is 7.77. The zero-order valence-corrected chi connectivity index (χ0v) is 11.7. The number of hydrogen-bond acceptors (Lipinski definition) is 4. The second kappa shape index (κ2) is 4.98. The molecular weight excluding hydrogens is 306 g/mol. The average Bonchev–Trinajstić information content (AvgIpc) is 2.25. The Balaban J connectivity index is 3.39. The number of rotatable bonds is 3. The Morgan fingerprint density at radius 3 is 2.47 bits per heavy atom. The number of sulfone groups is 1. The fourth-order valence-corrected chi connectivity index (χ4v) is 2.45. The topological polar surface area (TPSA) is 75.0 Å². The van der Waals surface area contributed by atoms with Crippen molar-refractivity contribution in [2.24, 2.45) is 0 Å². The molecule has 0 spiro atoms. The number of ketones is 1. The summed E-state index contributed by atoms with van der Waals surface area (Å²) in [5, 5.41) is 8.91. The Morgan fingerprint density at radius 1 is 1.47 bits per heavy atom. The summed E-state index contributed by atoms with van der Waals surface area (Å²) < 4.78 is 22.8. The molecule has 0 aliphatic carbocycles. The highest BCUT2D eigenvalue weighted by Crippen LogP contribution is 2.27. The van der Waals surface area contributed by atoms with E-state index in [2.05, 4.69) is 15.9 Å². The van der Waals surface area contributed by atoms with Gasteiger partial charge in [0, 0.05) is 6.26 Å². The van der Waals surface area contributed by atoms with Crippen molar-refractivity contribution in [2.45, 2.75) is 16.6 Å². The van der Waals surface area contributed by atoms with Crippen molar-refractivity contribution in [2.75, 3.05) is 6.26 Å². The lowest BCUT2D eigenvalue weighted by Gasteiger charge is -2.08. The minimum atomic E-state index is -3.43. The van der Waals surface area contributed by atoms with Crippen LogP contribution in [0.4, 0.5) is 0 Å². The van der Waals surface area contributed by atoms with Gasteiger partial charge in [-0.15, -0.1) is 0 Å². The summed E-state index contributed by atoms with van der Waals surface area (Å²) in [6.07, 6.45) is 1.04. The molecule has 0 saturated carbocycles. The second-order valence-electron chi connectivity index (χ2n) is 3.61. The van der Waals surface area contributed by atoms with Crippen LogP contribution in [-0.4, -0.2) is 20.5 Å². The molecule has 1 atom stereocenters. The molecule has 1 aromatic rings. The molecule has 6 heteroatoms. The van der Waals surface area contributed by atoms with Gasteiger partial charge in [0.2, 0.25) is 0 Å². The lowest BCUT2D eigenvalue weighted by atomic mass is 10.1. The fraction of sp³-hybridized carbons (Fsp3) is 0.273. The maximum Gasteiger partial charge on any atom is 0.176 e. The van der Waals surface area contributed by atoms with E-state index < -0.39 is 14.7 Å². The summed E-state index contributed by atoms with van der Waals surface area (Å²) in [7, 11) is -3.43. The molecule has 0 aliphatic heterocycles. The van der Waals surface area contributed by atoms with Crippen molar-refractivity contribution in [1.82, 2.24) is 0 Å². The molecular formula is C11H10BrNO3S. The Labute approximate surface area is 108 Å². The van der Waals surface area contributed by atoms with Gasteiger partial charge >= 0.3 is 0 Å². The van der Waals surface area contributed by atoms with Gasteiger partial charge in [-0.25, -0.2) is 8.42 Å². The Hall–Kier alpha value is -1.19. The van der Waals surface area contributed by atoms with Crippen LogP contribution in [0.25, 0.3) is 0 Å². The second-order valence-corrected chi connectivity index (χ2v) is 6.51. The van der Waals surface area contributed by atoms with Gasteiger partial charge in [0.05, 0.1) is 15.3 Å². The number of halogens is 1. The molecule has 1 unspecified atom stereocenters. The van der Waals surface area contributed by atoms with E-state index >= 15 is 0 Å². The minimum Gasteiger partial charge on any atom is -0.298 e. The molecule has 0 N–H and O–H groups in total. The van der Waals surface area contributed by atoms with Crippen LogP contribution in [0.5, 0.6) is 0 Å². The van der Waals surface area contributed by atoms with Gasteiger partial charge in [-0.2, -0.15) is 5.26 Å². The highest BCUT2D eigenvalue weighted by atomic mass is 79.9. The van der Waals surface area contributed by atoms with Gasteiger partial charge < -0.3 is 0 Å². The quantitative estimate of drug-likeness (QED) is 0.799. The van der Waals surface area contributed by atoms with Crippen molar-refractivity contribution in [1.29, 1.82) is 5.26 Å². The SMILES string of the molecule is CC(=O)C(Br)c1ccc(S(C)(=O)=O)c(C#N)c1. The molecule has 0 aliphatic rings. The third-order valence-electron chi connectivity index (χ3n) is 2.17. The number of nitrogens with zero attached hydrogens (tertiary/aromatic N) is 1. The largest absolute Gasteiger partial charge is 0.298 e. The summed E-state index contributed by atoms with van der Waals surface area (Å²) >= 11 is 3.18. The van der Waals surface area contributed by atoms with Gasteiger partial charge in [-0.05, 0) is 24.6 Å². The number of hydrogen-bond donors (Lipinski definition) is 0. The molecule has 0 aromatic heterocycles. The molecule has 4 nitrogen and oxygen atoms in total. The zero-order valence-electron chi connectivity index (χ0n) is 9.27. The van der Waals surface area contributed by atoms with E-state index in [-0.39, 0.29) is 16.2 Å². The van der Waals surface area contributed by atoms with E-state index in [0.29, 0.717) is 5.56 Å². The number of carbonyl (C=O) groups is 1. The Morgan fingerprint density at radius 2 is 2.06 bits per heavy atom. The Bertz CT molecular complexity index is 602. The first-order valence-electron chi connectivity index (χ1n) is 4.66. The normalized spacial score (nSPS) is 12.8. The standard InChI is InChI=1S/C11H10BrNO3S/c1-7(14)11(12)8-3-4-10(17(2,15)16)9(5-8)6-13/h3-5,11H,1-2H3. The van der Waals surface area contributed by atoms with Gasteiger partial charge in [0.25, 0.3) is 0 Å². The molecule has 0 radical (unpaired) electrons. The third kappa shape index (κ3) is 3.14. The van der Waals surface area contributed by atoms with Gasteiger partial charge in [-0.1, -0.05) is 22.0 Å². The fourth-order valence-electron chi connectivity index (χ4n) is 1.35. The van der Waals surface area contributed by atoms with Gasteiger partial charge in [0.1, 0.15) is 11.9 Å². The molecule has 0 heterocycles. The van der Waals surface area contributed by atoms with Crippen LogP contribution in [0.1, 0.15) is 22.9 Å². The summed E-state index contributed by atoms with van der Waals surface area (Å²) in [6.45, 7) is 1.41. The van der Waals surface area contributed by atoms with E-state index in [9.17, 15) is 13.2 Å². The highest BCUT2D eigenvalue weighted by Gasteiger charge is 2.18. The van der Waals surface area contributed by atoms with Crippen molar-refractivity contribution < 1.29 is 13.2 Å². The van der Waals surface area contributed by atoms with Crippen LogP contribution in [-0.2, 0) is 14.6 Å². The average molecular weight is 316 g/mol. The van der Waals surface area contributed by atoms with Crippen molar-refractivity contribution in [3.05, 3.63) is 29.3 Å². The number of nitriles is 1. The van der Waals surface area contributed by atoms with Gasteiger partial charge in [-0.3, -0.25) is 4.79 Å². The highest BCUT2D eigenvalue weighted by molar-refractivity contribution is 9.09. The summed E-state index contributed by atoms with van der Waals surface area (Å²) in [5.74, 6) is -0.110. The maximum atomic E-state index is 11.4. The van der Waals surface area contributed by atoms with E-state index in [1.165, 1.54) is 25.1 Å². The first kappa shape index (κ1) is 13.9. The molecule has 0 fully saturated rings. The van der Waals surface area contributed by atoms with Crippen molar-refractivity contribution in [3.63, 3.8) is 0 Å². The summed E-state index contributed by atoms with van der Waals surface area (Å²) in [5.41, 5.74) is 0.622. The minimum absolute atomic E-state index is 0.0213. The van der Waals surface area contributed by atoms with Crippen LogP contribution in [0, 0.1) is 11.3 Å². The lowest BCUT2D eigenvalue weighted by molar-refractivity contribution is -0.116. The predicted molar refractivity (Wildman–Crippen MR) is 66.6 cm³/mol. The molecule has 1 aromatic carbocycles. The molecule has 0 bridgehead atoms. The lowest BCUT2D eigenvalue weighted by Crippen LogP contribution is -2.05. The first-order valence-corrected chi connectivity index (χ1v) is 7.46. The van der Waals surface area contributed by atoms with Crippen molar-refractivity contribution >= 4 is 31.6 Å². The van der Waals surface area contributed by atoms with E-state index in [4.69, 9.17) is 5.26 Å². The third-order valence-corrected chi connectivity index (χ3v) is 4.50. The van der Waals surface area contributed by atoms with Crippen LogP contribution < -0.4 is 0 Å².